The topological polar surface area (TPSA) is 132 Å². The van der Waals surface area contributed by atoms with Crippen molar-refractivity contribution in [2.24, 2.45) is 0 Å². The molecule has 0 atom stereocenters. The van der Waals surface area contributed by atoms with E-state index in [1.807, 2.05) is 12.1 Å². The number of carbonyl (C=O) groups excluding carboxylic acids is 1. The third kappa shape index (κ3) is 4.24. The lowest BCUT2D eigenvalue weighted by Crippen LogP contribution is -2.15. The number of aromatic nitrogens is 3. The molecule has 1 aromatic carbocycles. The molecule has 0 aliphatic heterocycles. The van der Waals surface area contributed by atoms with E-state index in [-0.39, 0.29) is 22.4 Å². The summed E-state index contributed by atoms with van der Waals surface area (Å²) in [5.74, 6) is -1.74. The van der Waals surface area contributed by atoms with Gasteiger partial charge in [-0.05, 0) is 29.8 Å². The maximum atomic E-state index is 12.5. The number of H-pyrrole nitrogens is 1. The van der Waals surface area contributed by atoms with Crippen molar-refractivity contribution in [3.8, 4) is 6.07 Å². The Hall–Kier alpha value is -4.25. The van der Waals surface area contributed by atoms with Crippen LogP contribution < -0.4 is 5.32 Å². The van der Waals surface area contributed by atoms with Crippen LogP contribution in [0.5, 0.6) is 0 Å². The van der Waals surface area contributed by atoms with Crippen molar-refractivity contribution in [2.45, 2.75) is 0 Å². The second kappa shape index (κ2) is 7.76. The number of aromatic carboxylic acids is 1. The van der Waals surface area contributed by atoms with E-state index in [0.717, 1.165) is 5.56 Å². The molecule has 0 bridgehead atoms. The molecule has 0 unspecified atom stereocenters. The molecule has 2 heterocycles. The number of nitrogens with zero attached hydrogens (tertiary/aromatic N) is 3. The number of hydrogen-bond donors (Lipinski definition) is 3. The van der Waals surface area contributed by atoms with E-state index in [2.05, 4.69) is 20.5 Å². The fraction of sp³-hybridized carbons (Fsp3) is 0. The number of aromatic amines is 1. The molecule has 27 heavy (non-hydrogen) atoms. The van der Waals surface area contributed by atoms with Gasteiger partial charge in [0.15, 0.2) is 0 Å². The second-order valence-corrected chi connectivity index (χ2v) is 5.50. The van der Waals surface area contributed by atoms with E-state index in [0.29, 0.717) is 5.56 Å². The number of hydrogen-bond acceptors (Lipinski definition) is 5. The summed E-state index contributed by atoms with van der Waals surface area (Å²) in [5, 5.41) is 27.3. The van der Waals surface area contributed by atoms with Gasteiger partial charge in [-0.25, -0.2) is 4.79 Å². The summed E-state index contributed by atoms with van der Waals surface area (Å²) >= 11 is 0. The van der Waals surface area contributed by atoms with E-state index in [1.165, 1.54) is 24.4 Å². The summed E-state index contributed by atoms with van der Waals surface area (Å²) in [6.45, 7) is 0. The highest BCUT2D eigenvalue weighted by Gasteiger charge is 2.15. The lowest BCUT2D eigenvalue weighted by Gasteiger charge is -2.09. The van der Waals surface area contributed by atoms with Gasteiger partial charge in [0.25, 0.3) is 5.91 Å². The Morgan fingerprint density at radius 2 is 1.96 bits per heavy atom. The van der Waals surface area contributed by atoms with Gasteiger partial charge in [-0.3, -0.25) is 14.9 Å². The number of nitrogens with one attached hydrogen (secondary N) is 2. The molecule has 1 amide bonds. The SMILES string of the molecule is N#Cc1ccc(NC(=O)c2cncc(C=Cc3cn[nH]c3)c2)c(C(=O)O)c1. The first kappa shape index (κ1) is 17.6. The van der Waals surface area contributed by atoms with Crippen LogP contribution >= 0.6 is 0 Å². The van der Waals surface area contributed by atoms with E-state index < -0.39 is 11.9 Å². The zero-order valence-corrected chi connectivity index (χ0v) is 13.9. The second-order valence-electron chi connectivity index (χ2n) is 5.50. The van der Waals surface area contributed by atoms with E-state index in [9.17, 15) is 14.7 Å². The summed E-state index contributed by atoms with van der Waals surface area (Å²) in [5.41, 5.74) is 1.97. The van der Waals surface area contributed by atoms with Crippen LogP contribution in [0.3, 0.4) is 0 Å². The van der Waals surface area contributed by atoms with Gasteiger partial charge in [0.05, 0.1) is 34.6 Å². The molecule has 0 radical (unpaired) electrons. The van der Waals surface area contributed by atoms with Gasteiger partial charge in [-0.2, -0.15) is 10.4 Å². The molecule has 3 rings (SSSR count). The lowest BCUT2D eigenvalue weighted by atomic mass is 10.1. The van der Waals surface area contributed by atoms with Gasteiger partial charge >= 0.3 is 5.97 Å². The van der Waals surface area contributed by atoms with Crippen LogP contribution in [0.2, 0.25) is 0 Å². The van der Waals surface area contributed by atoms with Gasteiger partial charge in [-0.1, -0.05) is 12.2 Å². The summed E-state index contributed by atoms with van der Waals surface area (Å²) in [6, 6.07) is 7.52. The molecule has 132 valence electrons. The van der Waals surface area contributed by atoms with Crippen LogP contribution in [0.25, 0.3) is 12.2 Å². The third-order valence-corrected chi connectivity index (χ3v) is 3.64. The van der Waals surface area contributed by atoms with Crippen LogP contribution in [-0.4, -0.2) is 32.2 Å². The van der Waals surface area contributed by atoms with Crippen molar-refractivity contribution in [1.29, 1.82) is 5.26 Å². The van der Waals surface area contributed by atoms with Crippen LogP contribution in [-0.2, 0) is 0 Å². The Balaban J connectivity index is 1.82. The Labute approximate surface area is 153 Å². The van der Waals surface area contributed by atoms with E-state index in [4.69, 9.17) is 5.26 Å². The molecule has 3 aromatic rings. The molecule has 0 aliphatic carbocycles. The molecule has 0 aliphatic rings. The molecule has 8 nitrogen and oxygen atoms in total. The zero-order valence-electron chi connectivity index (χ0n) is 13.9. The average molecular weight is 359 g/mol. The van der Waals surface area contributed by atoms with E-state index >= 15 is 0 Å². The minimum atomic E-state index is -1.24. The van der Waals surface area contributed by atoms with Crippen LogP contribution in [0.4, 0.5) is 5.69 Å². The maximum absolute atomic E-state index is 12.5. The number of anilines is 1. The first-order valence-corrected chi connectivity index (χ1v) is 7.77. The molecule has 2 aromatic heterocycles. The van der Waals surface area contributed by atoms with Crippen molar-refractivity contribution in [2.75, 3.05) is 5.32 Å². The highest BCUT2D eigenvalue weighted by Crippen LogP contribution is 2.19. The molecule has 0 saturated carbocycles. The molecule has 3 N–H and O–H groups in total. The number of amides is 1. The minimum absolute atomic E-state index is 0.103. The number of pyridine rings is 1. The van der Waals surface area contributed by atoms with Gasteiger partial charge in [0.2, 0.25) is 0 Å². The number of benzene rings is 1. The quantitative estimate of drug-likeness (QED) is 0.642. The largest absolute Gasteiger partial charge is 0.478 e. The van der Waals surface area contributed by atoms with Crippen LogP contribution in [0.15, 0.2) is 49.1 Å². The number of carbonyl (C=O) groups is 2. The van der Waals surface area contributed by atoms with Crippen molar-refractivity contribution >= 4 is 29.7 Å². The summed E-state index contributed by atoms with van der Waals surface area (Å²) in [7, 11) is 0. The molecule has 0 spiro atoms. The third-order valence-electron chi connectivity index (χ3n) is 3.64. The fourth-order valence-corrected chi connectivity index (χ4v) is 2.31. The fourth-order valence-electron chi connectivity index (χ4n) is 2.31. The maximum Gasteiger partial charge on any atom is 0.337 e. The number of rotatable bonds is 5. The Morgan fingerprint density at radius 1 is 1.15 bits per heavy atom. The van der Waals surface area contributed by atoms with E-state index in [1.54, 1.807) is 30.7 Å². The predicted molar refractivity (Wildman–Crippen MR) is 97.8 cm³/mol. The first-order chi connectivity index (χ1) is 13.1. The number of nitriles is 1. The molecular formula is C19H13N5O3. The normalized spacial score (nSPS) is 10.5. The van der Waals surface area contributed by atoms with Crippen molar-refractivity contribution in [1.82, 2.24) is 15.2 Å². The summed E-state index contributed by atoms with van der Waals surface area (Å²) < 4.78 is 0. The van der Waals surface area contributed by atoms with Gasteiger partial charge < -0.3 is 10.4 Å². The smallest absolute Gasteiger partial charge is 0.337 e. The molecule has 0 fully saturated rings. The average Bonchev–Trinajstić information content (AvgIpc) is 3.20. The standard InChI is InChI=1S/C19H13N5O3/c20-7-12-3-4-17(16(6-12)19(26)27)24-18(25)15-5-13(8-21-11-15)1-2-14-9-22-23-10-14/h1-6,8-11H,(H,22,23)(H,24,25)(H,26,27). The lowest BCUT2D eigenvalue weighted by molar-refractivity contribution is 0.0698. The van der Waals surface area contributed by atoms with Crippen LogP contribution in [0, 0.1) is 11.3 Å². The zero-order chi connectivity index (χ0) is 19.2. The van der Waals surface area contributed by atoms with Crippen molar-refractivity contribution in [3.63, 3.8) is 0 Å². The van der Waals surface area contributed by atoms with Crippen molar-refractivity contribution in [3.05, 3.63) is 76.9 Å². The highest BCUT2D eigenvalue weighted by atomic mass is 16.4. The van der Waals surface area contributed by atoms with Gasteiger partial charge in [0.1, 0.15) is 0 Å². The molecule has 0 saturated heterocycles. The predicted octanol–water partition coefficient (Wildman–Crippen LogP) is 2.80. The Morgan fingerprint density at radius 3 is 2.67 bits per heavy atom. The summed E-state index contributed by atoms with van der Waals surface area (Å²) in [4.78, 5) is 27.9. The summed E-state index contributed by atoms with van der Waals surface area (Å²) in [6.07, 6.45) is 9.94. The van der Waals surface area contributed by atoms with Crippen LogP contribution in [0.1, 0.15) is 37.4 Å². The van der Waals surface area contributed by atoms with Gasteiger partial charge in [-0.15, -0.1) is 0 Å². The minimum Gasteiger partial charge on any atom is -0.478 e. The van der Waals surface area contributed by atoms with Crippen molar-refractivity contribution < 1.29 is 14.7 Å². The Kier molecular flexibility index (Phi) is 5.05. The Bertz CT molecular complexity index is 1070. The molecular weight excluding hydrogens is 346 g/mol. The first-order valence-electron chi connectivity index (χ1n) is 7.77. The number of carboxylic acid groups (broad SMARTS) is 1. The van der Waals surface area contributed by atoms with Gasteiger partial charge in [0, 0.05) is 24.2 Å². The highest BCUT2D eigenvalue weighted by molar-refractivity contribution is 6.08. The monoisotopic (exact) mass is 359 g/mol. The number of carboxylic acids is 1. The molecule has 8 heteroatoms.